The van der Waals surface area contributed by atoms with E-state index in [1.807, 2.05) is 39.0 Å². The molecule has 1 aromatic heterocycles. The molecule has 1 aromatic carbocycles. The first-order valence-corrected chi connectivity index (χ1v) is 7.60. The van der Waals surface area contributed by atoms with Crippen molar-refractivity contribution in [2.24, 2.45) is 0 Å². The number of hydrazine groups is 1. The van der Waals surface area contributed by atoms with E-state index in [1.54, 1.807) is 30.5 Å². The van der Waals surface area contributed by atoms with E-state index in [1.165, 1.54) is 0 Å². The Morgan fingerprint density at radius 3 is 2.46 bits per heavy atom. The second-order valence-electron chi connectivity index (χ2n) is 6.28. The molecule has 0 atom stereocenters. The van der Waals surface area contributed by atoms with Crippen molar-refractivity contribution in [3.05, 3.63) is 59.9 Å². The fourth-order valence-electron chi connectivity index (χ4n) is 1.88. The highest BCUT2D eigenvalue weighted by molar-refractivity contribution is 5.95. The predicted octanol–water partition coefficient (Wildman–Crippen LogP) is 2.22. The summed E-state index contributed by atoms with van der Waals surface area (Å²) >= 11 is 0. The lowest BCUT2D eigenvalue weighted by atomic mass is 9.91. The number of carbonyl (C=O) groups is 2. The number of para-hydroxylation sites is 1. The van der Waals surface area contributed by atoms with E-state index in [0.29, 0.717) is 11.3 Å². The van der Waals surface area contributed by atoms with Crippen molar-refractivity contribution < 1.29 is 14.3 Å². The Morgan fingerprint density at radius 1 is 1.08 bits per heavy atom. The van der Waals surface area contributed by atoms with Crippen molar-refractivity contribution >= 4 is 11.8 Å². The number of amides is 2. The van der Waals surface area contributed by atoms with Gasteiger partial charge < -0.3 is 4.74 Å². The Labute approximate surface area is 141 Å². The summed E-state index contributed by atoms with van der Waals surface area (Å²) in [6.07, 6.45) is 1.58. The van der Waals surface area contributed by atoms with Crippen LogP contribution >= 0.6 is 0 Å². The third-order valence-electron chi connectivity index (χ3n) is 3.22. The summed E-state index contributed by atoms with van der Waals surface area (Å²) in [6, 6.07) is 12.3. The summed E-state index contributed by atoms with van der Waals surface area (Å²) in [5.41, 5.74) is 5.76. The number of hydrogen-bond donors (Lipinski definition) is 2. The molecule has 0 spiro atoms. The van der Waals surface area contributed by atoms with Crippen molar-refractivity contribution in [2.75, 3.05) is 6.61 Å². The lowest BCUT2D eigenvalue weighted by molar-refractivity contribution is -0.123. The van der Waals surface area contributed by atoms with Gasteiger partial charge in [-0.1, -0.05) is 39.0 Å². The summed E-state index contributed by atoms with van der Waals surface area (Å²) < 4.78 is 5.30. The zero-order valence-corrected chi connectivity index (χ0v) is 14.0. The number of nitrogens with zero attached hydrogens (tertiary/aromatic N) is 1. The van der Waals surface area contributed by atoms with E-state index in [-0.39, 0.29) is 12.0 Å². The van der Waals surface area contributed by atoms with Gasteiger partial charge in [-0.3, -0.25) is 25.4 Å². The molecular weight excluding hydrogens is 306 g/mol. The molecule has 6 heteroatoms. The van der Waals surface area contributed by atoms with Crippen LogP contribution < -0.4 is 15.6 Å². The highest BCUT2D eigenvalue weighted by atomic mass is 16.5. The Morgan fingerprint density at radius 2 is 1.79 bits per heavy atom. The van der Waals surface area contributed by atoms with Gasteiger partial charge in [0.15, 0.2) is 6.61 Å². The van der Waals surface area contributed by atoms with Crippen LogP contribution in [0.2, 0.25) is 0 Å². The molecule has 0 unspecified atom stereocenters. The quantitative estimate of drug-likeness (QED) is 0.844. The smallest absolute Gasteiger partial charge is 0.276 e. The van der Waals surface area contributed by atoms with Gasteiger partial charge in [-0.2, -0.15) is 0 Å². The third-order valence-corrected chi connectivity index (χ3v) is 3.22. The number of ether oxygens (including phenoxy) is 1. The van der Waals surface area contributed by atoms with Crippen molar-refractivity contribution in [3.8, 4) is 5.75 Å². The maximum absolute atomic E-state index is 12.1. The SMILES string of the molecule is CC(C)(C)c1cc(C(=O)NNC(=O)COc2ccccc2)ccn1. The lowest BCUT2D eigenvalue weighted by Crippen LogP contribution is -2.43. The number of aromatic nitrogens is 1. The Balaban J connectivity index is 1.85. The Kier molecular flexibility index (Phi) is 5.52. The van der Waals surface area contributed by atoms with Gasteiger partial charge in [-0.25, -0.2) is 0 Å². The molecule has 0 aliphatic heterocycles. The molecule has 0 saturated carbocycles. The topological polar surface area (TPSA) is 80.3 Å². The highest BCUT2D eigenvalue weighted by Gasteiger charge is 2.17. The van der Waals surface area contributed by atoms with Gasteiger partial charge in [-0.15, -0.1) is 0 Å². The molecule has 1 heterocycles. The van der Waals surface area contributed by atoms with Crippen LogP contribution in [0.15, 0.2) is 48.7 Å². The summed E-state index contributed by atoms with van der Waals surface area (Å²) in [5.74, 6) is -0.267. The fourth-order valence-corrected chi connectivity index (χ4v) is 1.88. The maximum Gasteiger partial charge on any atom is 0.276 e. The van der Waals surface area contributed by atoms with Crippen LogP contribution in [-0.4, -0.2) is 23.4 Å². The molecule has 2 rings (SSSR count). The number of nitrogens with one attached hydrogen (secondary N) is 2. The molecule has 0 radical (unpaired) electrons. The molecule has 0 aliphatic carbocycles. The second kappa shape index (κ2) is 7.59. The molecular formula is C18H21N3O3. The van der Waals surface area contributed by atoms with Gasteiger partial charge in [0.1, 0.15) is 5.75 Å². The number of pyridine rings is 1. The average Bonchev–Trinajstić information content (AvgIpc) is 2.58. The van der Waals surface area contributed by atoms with Crippen LogP contribution in [0.1, 0.15) is 36.8 Å². The summed E-state index contributed by atoms with van der Waals surface area (Å²) in [5, 5.41) is 0. The van der Waals surface area contributed by atoms with Crippen molar-refractivity contribution in [3.63, 3.8) is 0 Å². The molecule has 2 N–H and O–H groups in total. The summed E-state index contributed by atoms with van der Waals surface area (Å²) in [7, 11) is 0. The standard InChI is InChI=1S/C18H21N3O3/c1-18(2,3)15-11-13(9-10-19-15)17(23)21-20-16(22)12-24-14-7-5-4-6-8-14/h4-11H,12H2,1-3H3,(H,20,22)(H,21,23). The van der Waals surface area contributed by atoms with Crippen LogP contribution in [0.25, 0.3) is 0 Å². The minimum Gasteiger partial charge on any atom is -0.484 e. The highest BCUT2D eigenvalue weighted by Crippen LogP contribution is 2.20. The molecule has 24 heavy (non-hydrogen) atoms. The van der Waals surface area contributed by atoms with Crippen LogP contribution in [0, 0.1) is 0 Å². The van der Waals surface area contributed by atoms with E-state index in [4.69, 9.17) is 4.74 Å². The molecule has 2 amide bonds. The van der Waals surface area contributed by atoms with E-state index < -0.39 is 11.8 Å². The first-order chi connectivity index (χ1) is 11.4. The first-order valence-electron chi connectivity index (χ1n) is 7.60. The van der Waals surface area contributed by atoms with Gasteiger partial charge in [-0.05, 0) is 24.3 Å². The molecule has 6 nitrogen and oxygen atoms in total. The van der Waals surface area contributed by atoms with Crippen molar-refractivity contribution in [1.82, 2.24) is 15.8 Å². The minimum atomic E-state index is -0.447. The van der Waals surface area contributed by atoms with E-state index in [2.05, 4.69) is 15.8 Å². The molecule has 126 valence electrons. The molecule has 0 bridgehead atoms. The van der Waals surface area contributed by atoms with Crippen molar-refractivity contribution in [2.45, 2.75) is 26.2 Å². The van der Waals surface area contributed by atoms with Crippen LogP contribution in [0.4, 0.5) is 0 Å². The normalized spacial score (nSPS) is 10.8. The van der Waals surface area contributed by atoms with Crippen molar-refractivity contribution in [1.29, 1.82) is 0 Å². The largest absolute Gasteiger partial charge is 0.484 e. The molecule has 0 saturated heterocycles. The van der Waals surface area contributed by atoms with E-state index >= 15 is 0 Å². The fraction of sp³-hybridized carbons (Fsp3) is 0.278. The zero-order valence-electron chi connectivity index (χ0n) is 14.0. The minimum absolute atomic E-state index is 0.164. The monoisotopic (exact) mass is 327 g/mol. The average molecular weight is 327 g/mol. The molecule has 2 aromatic rings. The Bertz CT molecular complexity index is 709. The van der Waals surface area contributed by atoms with Crippen LogP contribution in [-0.2, 0) is 10.2 Å². The van der Waals surface area contributed by atoms with E-state index in [9.17, 15) is 9.59 Å². The summed E-state index contributed by atoms with van der Waals surface area (Å²) in [6.45, 7) is 5.85. The third kappa shape index (κ3) is 5.08. The maximum atomic E-state index is 12.1. The van der Waals surface area contributed by atoms with Gasteiger partial charge in [0.2, 0.25) is 0 Å². The van der Waals surface area contributed by atoms with Gasteiger partial charge in [0.25, 0.3) is 11.8 Å². The summed E-state index contributed by atoms with van der Waals surface area (Å²) in [4.78, 5) is 28.1. The van der Waals surface area contributed by atoms with Gasteiger partial charge in [0, 0.05) is 22.9 Å². The predicted molar refractivity (Wildman–Crippen MR) is 90.5 cm³/mol. The molecule has 0 aliphatic rings. The van der Waals surface area contributed by atoms with Gasteiger partial charge >= 0.3 is 0 Å². The number of benzene rings is 1. The van der Waals surface area contributed by atoms with Crippen LogP contribution in [0.3, 0.4) is 0 Å². The Hall–Kier alpha value is -2.89. The number of carbonyl (C=O) groups excluding carboxylic acids is 2. The van der Waals surface area contributed by atoms with Gasteiger partial charge in [0.05, 0.1) is 0 Å². The lowest BCUT2D eigenvalue weighted by Gasteiger charge is -2.18. The zero-order chi connectivity index (χ0) is 17.6. The van der Waals surface area contributed by atoms with Crippen LogP contribution in [0.5, 0.6) is 5.75 Å². The first kappa shape index (κ1) is 17.5. The number of rotatable bonds is 4. The van der Waals surface area contributed by atoms with E-state index in [0.717, 1.165) is 5.69 Å². The second-order valence-corrected chi connectivity index (χ2v) is 6.28. The number of hydrogen-bond acceptors (Lipinski definition) is 4. The molecule has 0 fully saturated rings.